The summed E-state index contributed by atoms with van der Waals surface area (Å²) in [6.07, 6.45) is 6.10. The lowest BCUT2D eigenvalue weighted by atomic mass is 9.98. The summed E-state index contributed by atoms with van der Waals surface area (Å²) in [5, 5.41) is 6.94. The molecule has 1 aromatic carbocycles. The molecule has 1 aliphatic rings. The van der Waals surface area contributed by atoms with Crippen LogP contribution in [-0.4, -0.2) is 34.3 Å². The lowest BCUT2D eigenvalue weighted by molar-refractivity contribution is -0.119. The maximum Gasteiger partial charge on any atom is 0.250 e. The first-order chi connectivity index (χ1) is 15.8. The van der Waals surface area contributed by atoms with Gasteiger partial charge >= 0.3 is 0 Å². The zero-order chi connectivity index (χ0) is 23.6. The maximum absolute atomic E-state index is 11.8. The van der Waals surface area contributed by atoms with Crippen LogP contribution >= 0.6 is 12.2 Å². The number of rotatable bonds is 6. The van der Waals surface area contributed by atoms with Crippen molar-refractivity contribution in [2.75, 3.05) is 23.9 Å². The van der Waals surface area contributed by atoms with Gasteiger partial charge in [0.2, 0.25) is 5.91 Å². The molecule has 2 aromatic heterocycles. The summed E-state index contributed by atoms with van der Waals surface area (Å²) in [6, 6.07) is 15.6. The number of amides is 1. The molecule has 0 radical (unpaired) electrons. The first-order valence-corrected chi connectivity index (χ1v) is 11.3. The SMILES string of the molecule is COCC(=O)Nc1ccc(N2C(=S)N[C@H](c3ccccn3)[C@H]2c2ccn(C(C)(C)C)c2)cc1. The number of nitrogens with zero attached hydrogens (tertiary/aromatic N) is 3. The fourth-order valence-corrected chi connectivity index (χ4v) is 4.36. The van der Waals surface area contributed by atoms with E-state index in [1.165, 1.54) is 7.11 Å². The van der Waals surface area contributed by atoms with E-state index in [9.17, 15) is 4.79 Å². The fourth-order valence-electron chi connectivity index (χ4n) is 4.01. The summed E-state index contributed by atoms with van der Waals surface area (Å²) in [4.78, 5) is 18.6. The summed E-state index contributed by atoms with van der Waals surface area (Å²) in [7, 11) is 1.50. The summed E-state index contributed by atoms with van der Waals surface area (Å²) >= 11 is 5.79. The smallest absolute Gasteiger partial charge is 0.250 e. The number of carbonyl (C=O) groups is 1. The van der Waals surface area contributed by atoms with Gasteiger partial charge in [-0.2, -0.15) is 0 Å². The monoisotopic (exact) mass is 463 g/mol. The van der Waals surface area contributed by atoms with Crippen LogP contribution in [0.2, 0.25) is 0 Å². The van der Waals surface area contributed by atoms with Crippen molar-refractivity contribution in [2.24, 2.45) is 0 Å². The van der Waals surface area contributed by atoms with Crippen LogP contribution in [0.1, 0.15) is 44.1 Å². The van der Waals surface area contributed by atoms with E-state index in [0.717, 1.165) is 16.9 Å². The fraction of sp³-hybridized carbons (Fsp3) is 0.320. The Bertz CT molecular complexity index is 1120. The van der Waals surface area contributed by atoms with Gasteiger partial charge in [-0.3, -0.25) is 9.78 Å². The van der Waals surface area contributed by atoms with Gasteiger partial charge in [0.1, 0.15) is 6.61 Å². The maximum atomic E-state index is 11.8. The molecule has 1 aliphatic heterocycles. The summed E-state index contributed by atoms with van der Waals surface area (Å²) in [5.74, 6) is -0.194. The van der Waals surface area contributed by atoms with Gasteiger partial charge in [-0.15, -0.1) is 0 Å². The molecule has 0 bridgehead atoms. The Morgan fingerprint density at radius 2 is 1.94 bits per heavy atom. The van der Waals surface area contributed by atoms with Crippen molar-refractivity contribution in [3.05, 3.63) is 78.4 Å². The predicted octanol–water partition coefficient (Wildman–Crippen LogP) is 4.40. The van der Waals surface area contributed by atoms with Gasteiger partial charge in [0.25, 0.3) is 0 Å². The quantitative estimate of drug-likeness (QED) is 0.528. The lowest BCUT2D eigenvalue weighted by Crippen LogP contribution is -2.29. The van der Waals surface area contributed by atoms with E-state index in [-0.39, 0.29) is 30.1 Å². The number of pyridine rings is 1. The second-order valence-electron chi connectivity index (χ2n) is 9.05. The normalized spacial score (nSPS) is 18.3. The number of hydrogen-bond acceptors (Lipinski definition) is 4. The number of thiocarbonyl (C=S) groups is 1. The Morgan fingerprint density at radius 3 is 2.55 bits per heavy atom. The van der Waals surface area contributed by atoms with Crippen molar-refractivity contribution >= 4 is 34.6 Å². The third-order valence-corrected chi connectivity index (χ3v) is 5.95. The molecule has 2 N–H and O–H groups in total. The zero-order valence-corrected chi connectivity index (χ0v) is 20.1. The van der Waals surface area contributed by atoms with Crippen molar-refractivity contribution in [1.82, 2.24) is 14.9 Å². The molecule has 0 spiro atoms. The molecule has 3 heterocycles. The van der Waals surface area contributed by atoms with Crippen molar-refractivity contribution in [3.63, 3.8) is 0 Å². The third-order valence-electron chi connectivity index (χ3n) is 5.63. The van der Waals surface area contributed by atoms with E-state index in [4.69, 9.17) is 17.0 Å². The zero-order valence-electron chi connectivity index (χ0n) is 19.3. The van der Waals surface area contributed by atoms with Gasteiger partial charge in [0, 0.05) is 42.6 Å². The summed E-state index contributed by atoms with van der Waals surface area (Å²) in [5.41, 5.74) is 3.68. The number of ether oxygens (including phenoxy) is 1. The van der Waals surface area contributed by atoms with Crippen molar-refractivity contribution < 1.29 is 9.53 Å². The summed E-state index contributed by atoms with van der Waals surface area (Å²) < 4.78 is 7.10. The van der Waals surface area contributed by atoms with Crippen LogP contribution in [0.3, 0.4) is 0 Å². The van der Waals surface area contributed by atoms with Crippen LogP contribution in [0.5, 0.6) is 0 Å². The van der Waals surface area contributed by atoms with E-state index < -0.39 is 0 Å². The molecule has 3 aromatic rings. The first-order valence-electron chi connectivity index (χ1n) is 10.9. The highest BCUT2D eigenvalue weighted by Gasteiger charge is 2.41. The highest BCUT2D eigenvalue weighted by atomic mass is 32.1. The van der Waals surface area contributed by atoms with Crippen LogP contribution < -0.4 is 15.5 Å². The van der Waals surface area contributed by atoms with E-state index in [2.05, 4.69) is 64.3 Å². The Hall–Kier alpha value is -3.23. The number of hydrogen-bond donors (Lipinski definition) is 2. The van der Waals surface area contributed by atoms with Crippen LogP contribution in [0.4, 0.5) is 11.4 Å². The van der Waals surface area contributed by atoms with Crippen molar-refractivity contribution in [1.29, 1.82) is 0 Å². The summed E-state index contributed by atoms with van der Waals surface area (Å²) in [6.45, 7) is 6.55. The van der Waals surface area contributed by atoms with Gasteiger partial charge in [0.15, 0.2) is 5.11 Å². The van der Waals surface area contributed by atoms with Gasteiger partial charge in [-0.1, -0.05) is 6.07 Å². The van der Waals surface area contributed by atoms with Gasteiger partial charge in [0.05, 0.1) is 17.8 Å². The average Bonchev–Trinajstić information content (AvgIpc) is 3.40. The van der Waals surface area contributed by atoms with Crippen LogP contribution in [0, 0.1) is 0 Å². The molecule has 2 atom stereocenters. The van der Waals surface area contributed by atoms with E-state index in [1.54, 1.807) is 6.20 Å². The lowest BCUT2D eigenvalue weighted by Gasteiger charge is -2.28. The second-order valence-corrected chi connectivity index (χ2v) is 9.43. The molecular weight excluding hydrogens is 434 g/mol. The van der Waals surface area contributed by atoms with Gasteiger partial charge in [-0.25, -0.2) is 0 Å². The van der Waals surface area contributed by atoms with Crippen molar-refractivity contribution in [3.8, 4) is 0 Å². The Labute approximate surface area is 199 Å². The van der Waals surface area contributed by atoms with Crippen LogP contribution in [0.25, 0.3) is 0 Å². The standard InChI is InChI=1S/C25H29N5O2S/c1-25(2,3)29-14-12-17(15-29)23-22(20-7-5-6-13-26-20)28-24(33)30(23)19-10-8-18(9-11-19)27-21(31)16-32-4/h5-15,22-23H,16H2,1-4H3,(H,27,31)(H,28,33)/t22-,23-/m1/s1. The number of nitrogens with one attached hydrogen (secondary N) is 2. The number of benzene rings is 1. The molecule has 0 saturated carbocycles. The molecule has 0 unspecified atom stereocenters. The molecule has 33 heavy (non-hydrogen) atoms. The number of aromatic nitrogens is 2. The van der Waals surface area contributed by atoms with Crippen LogP contribution in [-0.2, 0) is 15.1 Å². The van der Waals surface area contributed by atoms with E-state index >= 15 is 0 Å². The minimum atomic E-state index is -0.194. The molecule has 1 saturated heterocycles. The number of anilines is 2. The molecule has 172 valence electrons. The largest absolute Gasteiger partial charge is 0.375 e. The third kappa shape index (κ3) is 4.91. The second kappa shape index (κ2) is 9.33. The highest BCUT2D eigenvalue weighted by molar-refractivity contribution is 7.80. The minimum Gasteiger partial charge on any atom is -0.375 e. The van der Waals surface area contributed by atoms with E-state index in [0.29, 0.717) is 10.8 Å². The Balaban J connectivity index is 1.70. The first kappa shape index (κ1) is 22.9. The topological polar surface area (TPSA) is 71.4 Å². The average molecular weight is 464 g/mol. The molecule has 4 rings (SSSR count). The Kier molecular flexibility index (Phi) is 6.49. The van der Waals surface area contributed by atoms with Gasteiger partial charge < -0.3 is 24.8 Å². The molecule has 0 aliphatic carbocycles. The van der Waals surface area contributed by atoms with Gasteiger partial charge in [-0.05, 0) is 81.0 Å². The molecule has 7 nitrogen and oxygen atoms in total. The number of methoxy groups -OCH3 is 1. The highest BCUT2D eigenvalue weighted by Crippen LogP contribution is 2.42. The molecule has 1 amide bonds. The van der Waals surface area contributed by atoms with Crippen LogP contribution in [0.15, 0.2) is 67.1 Å². The molecular formula is C25H29N5O2S. The van der Waals surface area contributed by atoms with Crippen molar-refractivity contribution in [2.45, 2.75) is 38.4 Å². The Morgan fingerprint density at radius 1 is 1.18 bits per heavy atom. The molecule has 1 fully saturated rings. The molecule has 8 heteroatoms. The minimum absolute atomic E-state index is 0.0144. The number of carbonyl (C=O) groups excluding carboxylic acids is 1. The predicted molar refractivity (Wildman–Crippen MR) is 134 cm³/mol. The van der Waals surface area contributed by atoms with E-state index in [1.807, 2.05) is 42.5 Å².